The van der Waals surface area contributed by atoms with Gasteiger partial charge in [-0.15, -0.1) is 0 Å². The van der Waals surface area contributed by atoms with Crippen molar-refractivity contribution in [1.29, 1.82) is 0 Å². The largest absolute Gasteiger partial charge is 0.465 e. The van der Waals surface area contributed by atoms with E-state index in [1.165, 1.54) is 0 Å². The van der Waals surface area contributed by atoms with Crippen LogP contribution < -0.4 is 0 Å². The first-order valence-electron chi connectivity index (χ1n) is 6.67. The van der Waals surface area contributed by atoms with E-state index >= 15 is 0 Å². The molecule has 4 heteroatoms. The molecule has 1 atom stereocenters. The van der Waals surface area contributed by atoms with E-state index in [-0.39, 0.29) is 5.91 Å². The molecule has 0 aromatic carbocycles. The summed E-state index contributed by atoms with van der Waals surface area (Å²) in [5.74, 6) is -1.29. The summed E-state index contributed by atoms with van der Waals surface area (Å²) in [5, 5.41) is 0. The van der Waals surface area contributed by atoms with Crippen LogP contribution in [0.5, 0.6) is 0 Å². The molecule has 0 rings (SSSR count). The van der Waals surface area contributed by atoms with E-state index in [9.17, 15) is 9.59 Å². The third kappa shape index (κ3) is 5.07. The Kier molecular flexibility index (Phi) is 6.96. The molecule has 4 nitrogen and oxygen atoms in total. The van der Waals surface area contributed by atoms with Gasteiger partial charge in [-0.25, -0.2) is 0 Å². The first-order valence-corrected chi connectivity index (χ1v) is 6.67. The first kappa shape index (κ1) is 16.9. The van der Waals surface area contributed by atoms with E-state index in [0.717, 1.165) is 12.8 Å². The van der Waals surface area contributed by atoms with Crippen LogP contribution in [0.1, 0.15) is 47.5 Å². The standard InChI is InChI=1S/C14H27NO3/c1-7-9-10-15(6)12(16)11(14(3,4)5)13(17)18-8-2/h11H,7-10H2,1-6H3. The number of hydrogen-bond acceptors (Lipinski definition) is 3. The number of hydrogen-bond donors (Lipinski definition) is 0. The summed E-state index contributed by atoms with van der Waals surface area (Å²) >= 11 is 0. The van der Waals surface area contributed by atoms with Crippen molar-refractivity contribution >= 4 is 11.9 Å². The molecule has 0 fully saturated rings. The van der Waals surface area contributed by atoms with Gasteiger partial charge in [0.2, 0.25) is 5.91 Å². The lowest BCUT2D eigenvalue weighted by Crippen LogP contribution is -2.44. The molecule has 18 heavy (non-hydrogen) atoms. The molecule has 0 aliphatic heterocycles. The minimum Gasteiger partial charge on any atom is -0.465 e. The Morgan fingerprint density at radius 2 is 1.78 bits per heavy atom. The molecular weight excluding hydrogens is 230 g/mol. The fraction of sp³-hybridized carbons (Fsp3) is 0.857. The Bertz CT molecular complexity index is 281. The zero-order valence-corrected chi connectivity index (χ0v) is 12.6. The number of esters is 1. The maximum atomic E-state index is 12.3. The number of nitrogens with zero attached hydrogens (tertiary/aromatic N) is 1. The van der Waals surface area contributed by atoms with Gasteiger partial charge in [-0.3, -0.25) is 9.59 Å². The van der Waals surface area contributed by atoms with Gasteiger partial charge < -0.3 is 9.64 Å². The zero-order valence-electron chi connectivity index (χ0n) is 12.6. The highest BCUT2D eigenvalue weighted by Crippen LogP contribution is 2.28. The van der Waals surface area contributed by atoms with E-state index in [0.29, 0.717) is 13.2 Å². The topological polar surface area (TPSA) is 46.6 Å². The average molecular weight is 257 g/mol. The van der Waals surface area contributed by atoms with Crippen LogP contribution in [-0.2, 0) is 14.3 Å². The quantitative estimate of drug-likeness (QED) is 0.542. The third-order valence-electron chi connectivity index (χ3n) is 2.86. The van der Waals surface area contributed by atoms with Gasteiger partial charge >= 0.3 is 5.97 Å². The fourth-order valence-electron chi connectivity index (χ4n) is 1.78. The van der Waals surface area contributed by atoms with Crippen LogP contribution in [0, 0.1) is 11.3 Å². The molecule has 0 bridgehead atoms. The molecule has 0 radical (unpaired) electrons. The number of amides is 1. The maximum Gasteiger partial charge on any atom is 0.319 e. The monoisotopic (exact) mass is 257 g/mol. The molecule has 0 aliphatic carbocycles. The lowest BCUT2D eigenvalue weighted by Gasteiger charge is -2.31. The van der Waals surface area contributed by atoms with Crippen LogP contribution in [0.15, 0.2) is 0 Å². The lowest BCUT2D eigenvalue weighted by molar-refractivity contribution is -0.160. The number of carbonyl (C=O) groups is 2. The predicted octanol–water partition coefficient (Wildman–Crippen LogP) is 2.47. The molecule has 0 saturated heterocycles. The second-order valence-electron chi connectivity index (χ2n) is 5.66. The van der Waals surface area contributed by atoms with Gasteiger partial charge in [-0.1, -0.05) is 34.1 Å². The molecule has 0 aliphatic rings. The number of ether oxygens (including phenoxy) is 1. The van der Waals surface area contributed by atoms with Gasteiger partial charge in [0.15, 0.2) is 0 Å². The smallest absolute Gasteiger partial charge is 0.319 e. The summed E-state index contributed by atoms with van der Waals surface area (Å²) < 4.78 is 5.02. The van der Waals surface area contributed by atoms with Crippen LogP contribution in [0.2, 0.25) is 0 Å². The van der Waals surface area contributed by atoms with Crippen molar-refractivity contribution < 1.29 is 14.3 Å². The van der Waals surface area contributed by atoms with Crippen molar-refractivity contribution in [2.24, 2.45) is 11.3 Å². The molecule has 1 amide bonds. The van der Waals surface area contributed by atoms with Crippen LogP contribution in [0.25, 0.3) is 0 Å². The summed E-state index contributed by atoms with van der Waals surface area (Å²) in [6, 6.07) is 0. The molecule has 1 unspecified atom stereocenters. The molecule has 0 aromatic rings. The summed E-state index contributed by atoms with van der Waals surface area (Å²) in [6.07, 6.45) is 1.97. The van der Waals surface area contributed by atoms with E-state index in [1.807, 2.05) is 20.8 Å². The van der Waals surface area contributed by atoms with Gasteiger partial charge in [0.25, 0.3) is 0 Å². The molecular formula is C14H27NO3. The van der Waals surface area contributed by atoms with Crippen molar-refractivity contribution in [2.45, 2.75) is 47.5 Å². The molecule has 0 spiro atoms. The lowest BCUT2D eigenvalue weighted by atomic mass is 9.80. The second kappa shape index (κ2) is 7.39. The highest BCUT2D eigenvalue weighted by atomic mass is 16.5. The third-order valence-corrected chi connectivity index (χ3v) is 2.86. The minimum atomic E-state index is -0.723. The molecule has 0 heterocycles. The highest BCUT2D eigenvalue weighted by molar-refractivity contribution is 5.98. The van der Waals surface area contributed by atoms with Crippen LogP contribution in [0.4, 0.5) is 0 Å². The van der Waals surface area contributed by atoms with Crippen molar-refractivity contribution in [2.75, 3.05) is 20.2 Å². The molecule has 0 saturated carbocycles. The van der Waals surface area contributed by atoms with Crippen LogP contribution in [0.3, 0.4) is 0 Å². The first-order chi connectivity index (χ1) is 8.25. The normalized spacial score (nSPS) is 13.0. The Balaban J connectivity index is 4.86. The van der Waals surface area contributed by atoms with E-state index < -0.39 is 17.3 Å². The molecule has 0 aromatic heterocycles. The Morgan fingerprint density at radius 1 is 1.22 bits per heavy atom. The van der Waals surface area contributed by atoms with Crippen LogP contribution in [-0.4, -0.2) is 37.0 Å². The highest BCUT2D eigenvalue weighted by Gasteiger charge is 2.40. The second-order valence-corrected chi connectivity index (χ2v) is 5.66. The van der Waals surface area contributed by atoms with E-state index in [2.05, 4.69) is 6.92 Å². The maximum absolute atomic E-state index is 12.3. The van der Waals surface area contributed by atoms with Crippen molar-refractivity contribution in [3.05, 3.63) is 0 Å². The zero-order chi connectivity index (χ0) is 14.3. The molecule has 106 valence electrons. The van der Waals surface area contributed by atoms with Gasteiger partial charge in [0, 0.05) is 13.6 Å². The van der Waals surface area contributed by atoms with Crippen molar-refractivity contribution in [1.82, 2.24) is 4.90 Å². The molecule has 0 N–H and O–H groups in total. The summed E-state index contributed by atoms with van der Waals surface area (Å²) in [5.41, 5.74) is -0.427. The van der Waals surface area contributed by atoms with E-state index in [4.69, 9.17) is 4.74 Å². The van der Waals surface area contributed by atoms with Gasteiger partial charge in [-0.2, -0.15) is 0 Å². The number of unbranched alkanes of at least 4 members (excludes halogenated alkanes) is 1. The Labute approximate surface area is 111 Å². The van der Waals surface area contributed by atoms with Crippen molar-refractivity contribution in [3.63, 3.8) is 0 Å². The number of rotatable bonds is 6. The Morgan fingerprint density at radius 3 is 2.17 bits per heavy atom. The van der Waals surface area contributed by atoms with Crippen molar-refractivity contribution in [3.8, 4) is 0 Å². The minimum absolute atomic E-state index is 0.144. The number of carbonyl (C=O) groups excluding carboxylic acids is 2. The van der Waals surface area contributed by atoms with Gasteiger partial charge in [0.1, 0.15) is 5.92 Å². The summed E-state index contributed by atoms with van der Waals surface area (Å²) in [6.45, 7) is 10.5. The van der Waals surface area contributed by atoms with Gasteiger partial charge in [0.05, 0.1) is 6.61 Å². The SMILES string of the molecule is CCCCN(C)C(=O)C(C(=O)OCC)C(C)(C)C. The van der Waals surface area contributed by atoms with Crippen LogP contribution >= 0.6 is 0 Å². The average Bonchev–Trinajstić information content (AvgIpc) is 2.24. The fourth-order valence-corrected chi connectivity index (χ4v) is 1.78. The Hall–Kier alpha value is -1.06. The summed E-state index contributed by atoms with van der Waals surface area (Å²) in [4.78, 5) is 25.9. The summed E-state index contributed by atoms with van der Waals surface area (Å²) in [7, 11) is 1.75. The predicted molar refractivity (Wildman–Crippen MR) is 72.1 cm³/mol. The van der Waals surface area contributed by atoms with E-state index in [1.54, 1.807) is 18.9 Å². The van der Waals surface area contributed by atoms with Gasteiger partial charge in [-0.05, 0) is 18.8 Å².